The number of carbonyl (C=O) groups excluding carboxylic acids is 1. The second-order valence-electron chi connectivity index (χ2n) is 3.30. The zero-order chi connectivity index (χ0) is 12.6. The van der Waals surface area contributed by atoms with Gasteiger partial charge in [-0.15, -0.1) is 11.3 Å². The van der Waals surface area contributed by atoms with E-state index in [1.54, 1.807) is 6.07 Å². The van der Waals surface area contributed by atoms with Gasteiger partial charge in [-0.3, -0.25) is 4.79 Å². The lowest BCUT2D eigenvalue weighted by molar-refractivity contribution is 0.103. The predicted molar refractivity (Wildman–Crippen MR) is 74.0 cm³/mol. The summed E-state index contributed by atoms with van der Waals surface area (Å²) in [6, 6.07) is 5.75. The van der Waals surface area contributed by atoms with Gasteiger partial charge in [0.1, 0.15) is 5.82 Å². The molecule has 0 bridgehead atoms. The van der Waals surface area contributed by atoms with Gasteiger partial charge in [-0.1, -0.05) is 0 Å². The number of thiophene rings is 1. The molecule has 0 saturated heterocycles. The number of anilines is 1. The van der Waals surface area contributed by atoms with Gasteiger partial charge >= 0.3 is 0 Å². The van der Waals surface area contributed by atoms with Crippen LogP contribution in [0.5, 0.6) is 0 Å². The molecule has 1 heterocycles. The summed E-state index contributed by atoms with van der Waals surface area (Å²) in [5, 5.41) is 0. The summed E-state index contributed by atoms with van der Waals surface area (Å²) in [5.41, 5.74) is 6.18. The Kier molecular flexibility index (Phi) is 3.65. The lowest BCUT2D eigenvalue weighted by Gasteiger charge is -2.01. The second-order valence-corrected chi connectivity index (χ2v) is 7.05. The highest BCUT2D eigenvalue weighted by atomic mass is 79.9. The van der Waals surface area contributed by atoms with Gasteiger partial charge in [0.25, 0.3) is 0 Å². The third-order valence-corrected chi connectivity index (χ3v) is 4.50. The highest BCUT2D eigenvalue weighted by Crippen LogP contribution is 2.33. The van der Waals surface area contributed by atoms with Crippen LogP contribution >= 0.6 is 43.2 Å². The van der Waals surface area contributed by atoms with Crippen LogP contribution in [0.15, 0.2) is 31.8 Å². The van der Waals surface area contributed by atoms with Gasteiger partial charge in [0.15, 0.2) is 5.78 Å². The highest BCUT2D eigenvalue weighted by Gasteiger charge is 2.16. The molecule has 0 radical (unpaired) electrons. The first-order valence-corrected chi connectivity index (χ1v) is 6.94. The smallest absolute Gasteiger partial charge is 0.195 e. The highest BCUT2D eigenvalue weighted by molar-refractivity contribution is 9.12. The second kappa shape index (κ2) is 4.88. The standard InChI is InChI=1S/C11H6Br2FNOS/c12-9-4-6(11(13)17-9)10(16)5-1-2-8(15)7(14)3-5/h1-4H,15H2. The molecule has 0 aliphatic rings. The minimum Gasteiger partial charge on any atom is -0.396 e. The van der Waals surface area contributed by atoms with Crippen LogP contribution in [0.2, 0.25) is 0 Å². The van der Waals surface area contributed by atoms with Crippen molar-refractivity contribution in [2.24, 2.45) is 0 Å². The van der Waals surface area contributed by atoms with E-state index in [1.165, 1.54) is 23.5 Å². The number of rotatable bonds is 2. The Morgan fingerprint density at radius 1 is 1.29 bits per heavy atom. The first-order chi connectivity index (χ1) is 7.99. The maximum absolute atomic E-state index is 13.3. The molecule has 0 spiro atoms. The van der Waals surface area contributed by atoms with Gasteiger partial charge in [-0.05, 0) is 56.1 Å². The molecule has 1 aromatic carbocycles. The van der Waals surface area contributed by atoms with Crippen molar-refractivity contribution < 1.29 is 9.18 Å². The third-order valence-electron chi connectivity index (χ3n) is 2.16. The molecular formula is C11H6Br2FNOS. The van der Waals surface area contributed by atoms with Crippen molar-refractivity contribution in [3.05, 3.63) is 48.8 Å². The molecule has 0 aliphatic carbocycles. The SMILES string of the molecule is Nc1ccc(C(=O)c2cc(Br)sc2Br)cc1F. The average molecular weight is 379 g/mol. The maximum atomic E-state index is 13.3. The molecule has 0 aliphatic heterocycles. The van der Waals surface area contributed by atoms with Gasteiger partial charge in [-0.25, -0.2) is 4.39 Å². The number of hydrogen-bond donors (Lipinski definition) is 1. The summed E-state index contributed by atoms with van der Waals surface area (Å²) in [4.78, 5) is 12.1. The lowest BCUT2D eigenvalue weighted by Crippen LogP contribution is -2.02. The molecule has 0 unspecified atom stereocenters. The van der Waals surface area contributed by atoms with Crippen LogP contribution in [-0.4, -0.2) is 5.78 Å². The van der Waals surface area contributed by atoms with Crippen LogP contribution in [0.1, 0.15) is 15.9 Å². The van der Waals surface area contributed by atoms with Crippen molar-refractivity contribution in [2.45, 2.75) is 0 Å². The normalized spacial score (nSPS) is 10.5. The minimum absolute atomic E-state index is 0.0344. The van der Waals surface area contributed by atoms with E-state index in [0.29, 0.717) is 9.35 Å². The maximum Gasteiger partial charge on any atom is 0.195 e. The quantitative estimate of drug-likeness (QED) is 0.627. The summed E-state index contributed by atoms with van der Waals surface area (Å²) < 4.78 is 14.8. The Bertz CT molecular complexity index is 597. The van der Waals surface area contributed by atoms with E-state index in [9.17, 15) is 9.18 Å². The van der Waals surface area contributed by atoms with Gasteiger partial charge in [-0.2, -0.15) is 0 Å². The zero-order valence-electron chi connectivity index (χ0n) is 8.34. The molecule has 0 amide bonds. The van der Waals surface area contributed by atoms with E-state index in [-0.39, 0.29) is 17.0 Å². The third kappa shape index (κ3) is 2.59. The Morgan fingerprint density at radius 3 is 2.53 bits per heavy atom. The van der Waals surface area contributed by atoms with Crippen molar-refractivity contribution in [2.75, 3.05) is 5.73 Å². The fourth-order valence-corrected chi connectivity index (χ4v) is 4.11. The topological polar surface area (TPSA) is 43.1 Å². The van der Waals surface area contributed by atoms with E-state index in [4.69, 9.17) is 5.73 Å². The van der Waals surface area contributed by atoms with Crippen molar-refractivity contribution >= 4 is 54.7 Å². The number of hydrogen-bond acceptors (Lipinski definition) is 3. The molecule has 0 saturated carbocycles. The number of benzene rings is 1. The molecule has 2 rings (SSSR count). The molecule has 0 fully saturated rings. The Labute approximate surface area is 118 Å². The first-order valence-electron chi connectivity index (χ1n) is 4.53. The van der Waals surface area contributed by atoms with Gasteiger partial charge < -0.3 is 5.73 Å². The van der Waals surface area contributed by atoms with Crippen molar-refractivity contribution in [3.8, 4) is 0 Å². The number of ketones is 1. The molecule has 1 aromatic heterocycles. The molecule has 6 heteroatoms. The summed E-state index contributed by atoms with van der Waals surface area (Å²) in [7, 11) is 0. The van der Waals surface area contributed by atoms with Crippen molar-refractivity contribution in [3.63, 3.8) is 0 Å². The Morgan fingerprint density at radius 2 is 2.00 bits per heavy atom. The van der Waals surface area contributed by atoms with Crippen LogP contribution in [0.3, 0.4) is 0 Å². The van der Waals surface area contributed by atoms with Gasteiger partial charge in [0.05, 0.1) is 13.3 Å². The Balaban J connectivity index is 2.44. The predicted octanol–water partition coefficient (Wildman–Crippen LogP) is 4.23. The van der Waals surface area contributed by atoms with E-state index >= 15 is 0 Å². The largest absolute Gasteiger partial charge is 0.396 e. The minimum atomic E-state index is -0.582. The van der Waals surface area contributed by atoms with E-state index < -0.39 is 5.82 Å². The van der Waals surface area contributed by atoms with Crippen molar-refractivity contribution in [1.29, 1.82) is 0 Å². The van der Waals surface area contributed by atoms with Gasteiger partial charge in [0, 0.05) is 11.1 Å². The summed E-state index contributed by atoms with van der Waals surface area (Å²) in [6.45, 7) is 0. The fraction of sp³-hybridized carbons (Fsp3) is 0. The van der Waals surface area contributed by atoms with Crippen molar-refractivity contribution in [1.82, 2.24) is 0 Å². The molecule has 2 N–H and O–H groups in total. The number of nitrogens with two attached hydrogens (primary N) is 1. The Hall–Kier alpha value is -0.720. The summed E-state index contributed by atoms with van der Waals surface area (Å²) >= 11 is 7.98. The van der Waals surface area contributed by atoms with Crippen LogP contribution in [0.25, 0.3) is 0 Å². The molecular weight excluding hydrogens is 373 g/mol. The molecule has 88 valence electrons. The van der Waals surface area contributed by atoms with Gasteiger partial charge in [0.2, 0.25) is 0 Å². The summed E-state index contributed by atoms with van der Waals surface area (Å²) in [5.74, 6) is -0.820. The molecule has 0 atom stereocenters. The number of nitrogen functional groups attached to an aromatic ring is 1. The molecule has 2 nitrogen and oxygen atoms in total. The van der Waals surface area contributed by atoms with E-state index in [0.717, 1.165) is 9.85 Å². The van der Waals surface area contributed by atoms with Crippen LogP contribution in [-0.2, 0) is 0 Å². The first kappa shape index (κ1) is 12.7. The molecule has 2 aromatic rings. The lowest BCUT2D eigenvalue weighted by atomic mass is 10.1. The number of halogens is 3. The van der Waals surface area contributed by atoms with E-state index in [2.05, 4.69) is 31.9 Å². The fourth-order valence-electron chi connectivity index (χ4n) is 1.32. The summed E-state index contributed by atoms with van der Waals surface area (Å²) in [6.07, 6.45) is 0. The average Bonchev–Trinajstić information content (AvgIpc) is 2.61. The molecule has 17 heavy (non-hydrogen) atoms. The van der Waals surface area contributed by atoms with Crippen LogP contribution in [0, 0.1) is 5.82 Å². The zero-order valence-corrected chi connectivity index (χ0v) is 12.3. The van der Waals surface area contributed by atoms with Crippen LogP contribution < -0.4 is 5.73 Å². The monoisotopic (exact) mass is 377 g/mol. The van der Waals surface area contributed by atoms with E-state index in [1.807, 2.05) is 0 Å². The number of carbonyl (C=O) groups is 1. The van der Waals surface area contributed by atoms with Crippen LogP contribution in [0.4, 0.5) is 10.1 Å².